The number of aromatic nitrogens is 3. The van der Waals surface area contributed by atoms with Crippen molar-refractivity contribution in [2.45, 2.75) is 30.4 Å². The minimum atomic E-state index is -0.0500. The van der Waals surface area contributed by atoms with Crippen LogP contribution in [-0.4, -0.2) is 32.5 Å². The molecule has 1 aliphatic heterocycles. The van der Waals surface area contributed by atoms with E-state index in [9.17, 15) is 4.79 Å². The zero-order valence-electron chi connectivity index (χ0n) is 15.1. The molecule has 1 amide bonds. The molecule has 0 saturated heterocycles. The normalized spacial score (nSPS) is 16.7. The van der Waals surface area contributed by atoms with E-state index in [0.29, 0.717) is 22.4 Å². The quantitative estimate of drug-likeness (QED) is 0.624. The van der Waals surface area contributed by atoms with Gasteiger partial charge in [-0.1, -0.05) is 18.5 Å². The predicted molar refractivity (Wildman–Crippen MR) is 109 cm³/mol. The number of thioether (sulfide) groups is 1. The molecule has 2 aromatic heterocycles. The van der Waals surface area contributed by atoms with Gasteiger partial charge in [-0.05, 0) is 43.7 Å². The molecule has 0 saturated carbocycles. The number of carbonyl (C=O) groups is 1. The topological polar surface area (TPSA) is 51.0 Å². The standard InChI is InChI=1S/C20H19ClN4OS/c1-13-7-10-24(18-11-15(21)3-4-19(18)27-13)20(26)17-12-23-25(14(17)2)16-5-8-22-9-6-16/h3-6,8-9,11-13H,7,10H2,1-2H3/t13-/m0/s1. The Balaban J connectivity index is 1.74. The van der Waals surface area contributed by atoms with Crippen molar-refractivity contribution in [2.75, 3.05) is 11.4 Å². The second-order valence-electron chi connectivity index (χ2n) is 6.55. The van der Waals surface area contributed by atoms with Crippen LogP contribution in [-0.2, 0) is 0 Å². The summed E-state index contributed by atoms with van der Waals surface area (Å²) in [6.07, 6.45) is 5.98. The zero-order valence-corrected chi connectivity index (χ0v) is 16.7. The van der Waals surface area contributed by atoms with Crippen LogP contribution >= 0.6 is 23.4 Å². The van der Waals surface area contributed by atoms with Crippen molar-refractivity contribution in [1.29, 1.82) is 0 Å². The highest BCUT2D eigenvalue weighted by atomic mass is 35.5. The van der Waals surface area contributed by atoms with E-state index in [-0.39, 0.29) is 5.91 Å². The summed E-state index contributed by atoms with van der Waals surface area (Å²) in [6.45, 7) is 4.75. The predicted octanol–water partition coefficient (Wildman–Crippen LogP) is 4.76. The molecule has 1 aliphatic rings. The SMILES string of the molecule is Cc1c(C(=O)N2CC[C@H](C)Sc3ccc(Cl)cc32)cnn1-c1ccncc1. The van der Waals surface area contributed by atoms with E-state index in [1.165, 1.54) is 0 Å². The smallest absolute Gasteiger partial charge is 0.261 e. The first-order chi connectivity index (χ1) is 13.0. The molecule has 3 heterocycles. The summed E-state index contributed by atoms with van der Waals surface area (Å²) >= 11 is 8.01. The van der Waals surface area contributed by atoms with Crippen LogP contribution in [0.3, 0.4) is 0 Å². The molecule has 0 N–H and O–H groups in total. The van der Waals surface area contributed by atoms with Crippen LogP contribution in [0.2, 0.25) is 5.02 Å². The van der Waals surface area contributed by atoms with Crippen LogP contribution in [0.4, 0.5) is 5.69 Å². The van der Waals surface area contributed by atoms with Gasteiger partial charge in [0, 0.05) is 34.1 Å². The minimum absolute atomic E-state index is 0.0500. The van der Waals surface area contributed by atoms with Gasteiger partial charge >= 0.3 is 0 Å². The van der Waals surface area contributed by atoms with Crippen LogP contribution in [0.15, 0.2) is 53.8 Å². The molecular weight excluding hydrogens is 380 g/mol. The zero-order chi connectivity index (χ0) is 19.0. The van der Waals surface area contributed by atoms with E-state index in [1.807, 2.05) is 42.2 Å². The van der Waals surface area contributed by atoms with E-state index < -0.39 is 0 Å². The highest BCUT2D eigenvalue weighted by molar-refractivity contribution is 8.00. The van der Waals surface area contributed by atoms with Gasteiger partial charge in [0.25, 0.3) is 5.91 Å². The Morgan fingerprint density at radius 2 is 2.04 bits per heavy atom. The lowest BCUT2D eigenvalue weighted by atomic mass is 10.2. The van der Waals surface area contributed by atoms with E-state index in [0.717, 1.165) is 28.4 Å². The summed E-state index contributed by atoms with van der Waals surface area (Å²) in [5.41, 5.74) is 3.15. The van der Waals surface area contributed by atoms with Crippen molar-refractivity contribution in [1.82, 2.24) is 14.8 Å². The molecule has 5 nitrogen and oxygen atoms in total. The molecule has 4 rings (SSSR count). The number of rotatable bonds is 2. The number of hydrogen-bond donors (Lipinski definition) is 0. The Kier molecular flexibility index (Phi) is 4.93. The number of nitrogens with zero attached hydrogens (tertiary/aromatic N) is 4. The highest BCUT2D eigenvalue weighted by Crippen LogP contribution is 2.39. The summed E-state index contributed by atoms with van der Waals surface area (Å²) in [5.74, 6) is -0.0500. The van der Waals surface area contributed by atoms with Gasteiger partial charge in [0.1, 0.15) is 0 Å². The molecule has 0 aliphatic carbocycles. The van der Waals surface area contributed by atoms with E-state index in [1.54, 1.807) is 35.0 Å². The van der Waals surface area contributed by atoms with Gasteiger partial charge in [-0.2, -0.15) is 5.10 Å². The lowest BCUT2D eigenvalue weighted by Crippen LogP contribution is -2.32. The van der Waals surface area contributed by atoms with Crippen molar-refractivity contribution < 1.29 is 4.79 Å². The molecule has 0 radical (unpaired) electrons. The van der Waals surface area contributed by atoms with Gasteiger partial charge in [0.05, 0.1) is 28.8 Å². The monoisotopic (exact) mass is 398 g/mol. The molecule has 0 bridgehead atoms. The molecule has 27 heavy (non-hydrogen) atoms. The van der Waals surface area contributed by atoms with Crippen LogP contribution in [0, 0.1) is 6.92 Å². The molecule has 7 heteroatoms. The van der Waals surface area contributed by atoms with E-state index in [2.05, 4.69) is 17.0 Å². The van der Waals surface area contributed by atoms with Crippen molar-refractivity contribution >= 4 is 35.0 Å². The fourth-order valence-corrected chi connectivity index (χ4v) is 4.49. The van der Waals surface area contributed by atoms with Gasteiger partial charge in [-0.3, -0.25) is 9.78 Å². The fourth-order valence-electron chi connectivity index (χ4n) is 3.23. The first kappa shape index (κ1) is 18.1. The fraction of sp³-hybridized carbons (Fsp3) is 0.250. The Morgan fingerprint density at radius 1 is 1.26 bits per heavy atom. The molecule has 3 aromatic rings. The second kappa shape index (κ2) is 7.37. The third kappa shape index (κ3) is 3.47. The molecule has 1 aromatic carbocycles. The van der Waals surface area contributed by atoms with Crippen molar-refractivity contribution in [2.24, 2.45) is 0 Å². The van der Waals surface area contributed by atoms with Gasteiger partial charge in [0.2, 0.25) is 0 Å². The molecular formula is C20H19ClN4OS. The number of anilines is 1. The summed E-state index contributed by atoms with van der Waals surface area (Å²) in [5, 5.41) is 5.49. The second-order valence-corrected chi connectivity index (χ2v) is 8.46. The number of benzene rings is 1. The summed E-state index contributed by atoms with van der Waals surface area (Å²) in [7, 11) is 0. The minimum Gasteiger partial charge on any atom is -0.307 e. The molecule has 0 unspecified atom stereocenters. The molecule has 0 spiro atoms. The number of hydrogen-bond acceptors (Lipinski definition) is 4. The third-order valence-corrected chi connectivity index (χ3v) is 6.16. The number of carbonyl (C=O) groups excluding carboxylic acids is 1. The average Bonchev–Trinajstić information content (AvgIpc) is 2.97. The molecule has 1 atom stereocenters. The van der Waals surface area contributed by atoms with Gasteiger partial charge < -0.3 is 4.90 Å². The van der Waals surface area contributed by atoms with Gasteiger partial charge in [-0.15, -0.1) is 11.8 Å². The lowest BCUT2D eigenvalue weighted by Gasteiger charge is -2.22. The number of pyridine rings is 1. The maximum Gasteiger partial charge on any atom is 0.261 e. The van der Waals surface area contributed by atoms with Crippen molar-refractivity contribution in [3.8, 4) is 5.69 Å². The van der Waals surface area contributed by atoms with Crippen LogP contribution in [0.1, 0.15) is 29.4 Å². The third-order valence-electron chi connectivity index (χ3n) is 4.69. The highest BCUT2D eigenvalue weighted by Gasteiger charge is 2.27. The number of amides is 1. The summed E-state index contributed by atoms with van der Waals surface area (Å²) < 4.78 is 1.77. The average molecular weight is 399 g/mol. The van der Waals surface area contributed by atoms with E-state index in [4.69, 9.17) is 11.6 Å². The van der Waals surface area contributed by atoms with Crippen molar-refractivity contribution in [3.63, 3.8) is 0 Å². The first-order valence-electron chi connectivity index (χ1n) is 8.77. The largest absolute Gasteiger partial charge is 0.307 e. The van der Waals surface area contributed by atoms with Crippen LogP contribution in [0.25, 0.3) is 5.69 Å². The summed E-state index contributed by atoms with van der Waals surface area (Å²) in [4.78, 5) is 20.4. The molecule has 0 fully saturated rings. The number of halogens is 1. The van der Waals surface area contributed by atoms with Gasteiger partial charge in [-0.25, -0.2) is 4.68 Å². The lowest BCUT2D eigenvalue weighted by molar-refractivity contribution is 0.0986. The van der Waals surface area contributed by atoms with E-state index >= 15 is 0 Å². The van der Waals surface area contributed by atoms with Gasteiger partial charge in [0.15, 0.2) is 0 Å². The summed E-state index contributed by atoms with van der Waals surface area (Å²) in [6, 6.07) is 9.49. The Bertz CT molecular complexity index is 989. The Labute approximate surface area is 167 Å². The number of fused-ring (bicyclic) bond motifs is 1. The maximum absolute atomic E-state index is 13.4. The molecule has 138 valence electrons. The first-order valence-corrected chi connectivity index (χ1v) is 10.0. The Hall–Kier alpha value is -2.31. The Morgan fingerprint density at radius 3 is 2.81 bits per heavy atom. The van der Waals surface area contributed by atoms with Crippen molar-refractivity contribution in [3.05, 3.63) is 65.2 Å². The van der Waals surface area contributed by atoms with Crippen LogP contribution < -0.4 is 4.90 Å². The maximum atomic E-state index is 13.4. The van der Waals surface area contributed by atoms with Crippen LogP contribution in [0.5, 0.6) is 0 Å².